The van der Waals surface area contributed by atoms with E-state index in [4.69, 9.17) is 9.47 Å². The van der Waals surface area contributed by atoms with E-state index in [2.05, 4.69) is 22.1 Å². The van der Waals surface area contributed by atoms with E-state index in [0.29, 0.717) is 32.2 Å². The van der Waals surface area contributed by atoms with Gasteiger partial charge >= 0.3 is 0 Å². The summed E-state index contributed by atoms with van der Waals surface area (Å²) in [6, 6.07) is 4.30. The number of fused-ring (bicyclic) bond motifs is 3. The van der Waals surface area contributed by atoms with Gasteiger partial charge in [0.2, 0.25) is 5.06 Å². The quantitative estimate of drug-likeness (QED) is 0.864. The molecular formula is C17H21N3O3S2. The summed E-state index contributed by atoms with van der Waals surface area (Å²) in [4.78, 5) is 19.9. The zero-order valence-corrected chi connectivity index (χ0v) is 15.9. The topological polar surface area (TPSA) is 63.7 Å². The molecule has 3 fully saturated rings. The van der Waals surface area contributed by atoms with Crippen LogP contribution in [0.15, 0.2) is 18.3 Å². The largest absolute Gasteiger partial charge is 0.473 e. The molecule has 6 nitrogen and oxygen atoms in total. The van der Waals surface area contributed by atoms with E-state index in [9.17, 15) is 4.79 Å². The number of nitrogens with one attached hydrogen (secondary N) is 1. The predicted octanol–water partition coefficient (Wildman–Crippen LogP) is 3.22. The fraction of sp³-hybridized carbons (Fsp3) is 0.529. The number of thiophene rings is 1. The lowest BCUT2D eigenvalue weighted by Gasteiger charge is -2.49. The lowest BCUT2D eigenvalue weighted by Crippen LogP contribution is -2.62. The van der Waals surface area contributed by atoms with Gasteiger partial charge in [0, 0.05) is 12.1 Å². The maximum Gasteiger partial charge on any atom is 0.276 e. The summed E-state index contributed by atoms with van der Waals surface area (Å²) in [5, 5.41) is 5.14. The highest BCUT2D eigenvalue weighted by Gasteiger charge is 2.40. The van der Waals surface area contributed by atoms with Crippen LogP contribution in [0.5, 0.6) is 15.3 Å². The first-order valence-corrected chi connectivity index (χ1v) is 10.1. The molecule has 2 atom stereocenters. The van der Waals surface area contributed by atoms with Gasteiger partial charge in [0.1, 0.15) is 0 Å². The Bertz CT molecular complexity index is 750. The highest BCUT2D eigenvalue weighted by molar-refractivity contribution is 7.16. The smallest absolute Gasteiger partial charge is 0.276 e. The number of carbonyl (C=O) groups is 1. The summed E-state index contributed by atoms with van der Waals surface area (Å²) >= 11 is 2.68. The first kappa shape index (κ1) is 16.8. The van der Waals surface area contributed by atoms with Gasteiger partial charge in [-0.15, -0.1) is 0 Å². The van der Waals surface area contributed by atoms with Gasteiger partial charge in [-0.3, -0.25) is 9.69 Å². The molecule has 8 heteroatoms. The molecule has 3 aliphatic rings. The zero-order valence-electron chi connectivity index (χ0n) is 14.2. The second-order valence-electron chi connectivity index (χ2n) is 6.48. The Morgan fingerprint density at radius 1 is 1.28 bits per heavy atom. The van der Waals surface area contributed by atoms with Crippen molar-refractivity contribution >= 4 is 28.6 Å². The SMILES string of the molecule is COc1ncc(Oc2ccc(C(=O)N[C@@H]3C4CCN(CC4)[C@H]3C)s2)s1. The maximum absolute atomic E-state index is 12.6. The Labute approximate surface area is 154 Å². The predicted molar refractivity (Wildman–Crippen MR) is 98.1 cm³/mol. The van der Waals surface area contributed by atoms with E-state index < -0.39 is 0 Å². The lowest BCUT2D eigenvalue weighted by molar-refractivity contribution is 0.0218. The van der Waals surface area contributed by atoms with Crippen molar-refractivity contribution in [3.8, 4) is 15.3 Å². The molecule has 1 N–H and O–H groups in total. The van der Waals surface area contributed by atoms with Crippen molar-refractivity contribution in [2.24, 2.45) is 5.92 Å². The van der Waals surface area contributed by atoms with Gasteiger partial charge in [0.05, 0.1) is 18.2 Å². The number of nitrogens with zero attached hydrogens (tertiary/aromatic N) is 2. The number of piperidine rings is 3. The van der Waals surface area contributed by atoms with E-state index in [-0.39, 0.29) is 11.9 Å². The van der Waals surface area contributed by atoms with Crippen LogP contribution in [0.1, 0.15) is 29.4 Å². The number of aromatic nitrogens is 1. The Morgan fingerprint density at radius 3 is 2.76 bits per heavy atom. The van der Waals surface area contributed by atoms with Gasteiger partial charge in [0.15, 0.2) is 5.06 Å². The van der Waals surface area contributed by atoms with E-state index >= 15 is 0 Å². The number of rotatable bonds is 5. The molecule has 134 valence electrons. The molecule has 0 saturated carbocycles. The molecule has 2 aromatic heterocycles. The summed E-state index contributed by atoms with van der Waals surface area (Å²) in [7, 11) is 1.58. The van der Waals surface area contributed by atoms with Gasteiger partial charge in [-0.05, 0) is 62.2 Å². The normalized spacial score (nSPS) is 27.9. The van der Waals surface area contributed by atoms with Crippen LogP contribution >= 0.6 is 22.7 Å². The van der Waals surface area contributed by atoms with Crippen LogP contribution in [0, 0.1) is 5.92 Å². The Balaban J connectivity index is 1.40. The molecule has 25 heavy (non-hydrogen) atoms. The fourth-order valence-corrected chi connectivity index (χ4v) is 5.17. The minimum absolute atomic E-state index is 0.00710. The maximum atomic E-state index is 12.6. The van der Waals surface area contributed by atoms with Gasteiger partial charge in [0.25, 0.3) is 11.1 Å². The molecule has 0 spiro atoms. The van der Waals surface area contributed by atoms with Gasteiger partial charge in [-0.2, -0.15) is 0 Å². The van der Waals surface area contributed by atoms with Crippen LogP contribution in [-0.4, -0.2) is 48.1 Å². The lowest BCUT2D eigenvalue weighted by atomic mass is 9.79. The van der Waals surface area contributed by atoms with E-state index in [1.165, 1.54) is 35.5 Å². The third kappa shape index (κ3) is 3.38. The summed E-state index contributed by atoms with van der Waals surface area (Å²) in [5.74, 6) is 0.594. The van der Waals surface area contributed by atoms with Gasteiger partial charge < -0.3 is 14.8 Å². The number of hydrogen-bond acceptors (Lipinski definition) is 7. The number of methoxy groups -OCH3 is 1. The fourth-order valence-electron chi connectivity index (χ4n) is 3.75. The second-order valence-corrected chi connectivity index (χ2v) is 8.49. The van der Waals surface area contributed by atoms with Crippen LogP contribution in [0.3, 0.4) is 0 Å². The van der Waals surface area contributed by atoms with E-state index in [0.717, 1.165) is 13.1 Å². The molecule has 3 saturated heterocycles. The van der Waals surface area contributed by atoms with Crippen LogP contribution in [0.25, 0.3) is 0 Å². The molecule has 5 heterocycles. The Kier molecular flexibility index (Phi) is 4.66. The molecule has 5 rings (SSSR count). The highest BCUT2D eigenvalue weighted by Crippen LogP contribution is 2.36. The summed E-state index contributed by atoms with van der Waals surface area (Å²) in [6.45, 7) is 4.54. The average Bonchev–Trinajstić information content (AvgIpc) is 3.28. The highest BCUT2D eigenvalue weighted by atomic mass is 32.1. The van der Waals surface area contributed by atoms with Crippen LogP contribution in [0.4, 0.5) is 0 Å². The number of carbonyl (C=O) groups excluding carboxylic acids is 1. The number of amides is 1. The number of hydrogen-bond donors (Lipinski definition) is 1. The van der Waals surface area contributed by atoms with Gasteiger partial charge in [-0.25, -0.2) is 4.98 Å². The number of thiazole rings is 1. The molecule has 1 amide bonds. The van der Waals surface area contributed by atoms with Crippen molar-refractivity contribution in [1.29, 1.82) is 0 Å². The molecule has 2 bridgehead atoms. The van der Waals surface area contributed by atoms with Crippen LogP contribution < -0.4 is 14.8 Å². The van der Waals surface area contributed by atoms with Gasteiger partial charge in [-0.1, -0.05) is 11.3 Å². The monoisotopic (exact) mass is 379 g/mol. The molecular weight excluding hydrogens is 358 g/mol. The minimum atomic E-state index is -0.00710. The van der Waals surface area contributed by atoms with E-state index in [1.54, 1.807) is 13.3 Å². The third-order valence-corrected chi connectivity index (χ3v) is 6.92. The molecule has 2 aromatic rings. The first-order valence-electron chi connectivity index (χ1n) is 8.46. The zero-order chi connectivity index (χ0) is 17.4. The van der Waals surface area contributed by atoms with Crippen molar-refractivity contribution in [1.82, 2.24) is 15.2 Å². The van der Waals surface area contributed by atoms with Crippen molar-refractivity contribution in [2.75, 3.05) is 20.2 Å². The van der Waals surface area contributed by atoms with Crippen molar-refractivity contribution in [3.63, 3.8) is 0 Å². The molecule has 0 aliphatic carbocycles. The van der Waals surface area contributed by atoms with Crippen LogP contribution in [0.2, 0.25) is 0 Å². The average molecular weight is 380 g/mol. The molecule has 0 aromatic carbocycles. The van der Waals surface area contributed by atoms with Crippen molar-refractivity contribution < 1.29 is 14.3 Å². The molecule has 0 radical (unpaired) electrons. The first-order chi connectivity index (χ1) is 12.1. The summed E-state index contributed by atoms with van der Waals surface area (Å²) in [5.41, 5.74) is 0. The standard InChI is InChI=1S/C17H21N3O3S2/c1-10-15(11-5-7-20(10)8-6-11)19-16(21)12-3-4-13(24-12)23-14-9-18-17(22-2)25-14/h3-4,9-11,15H,5-8H2,1-2H3,(H,19,21)/t10-,15-/m0/s1. The van der Waals surface area contributed by atoms with Crippen molar-refractivity contribution in [3.05, 3.63) is 23.2 Å². The summed E-state index contributed by atoms with van der Waals surface area (Å²) < 4.78 is 10.8. The molecule has 3 aliphatic heterocycles. The minimum Gasteiger partial charge on any atom is -0.473 e. The summed E-state index contributed by atoms with van der Waals surface area (Å²) in [6.07, 6.45) is 3.99. The van der Waals surface area contributed by atoms with Crippen LogP contribution in [-0.2, 0) is 0 Å². The Morgan fingerprint density at radius 2 is 2.08 bits per heavy atom. The second kappa shape index (κ2) is 6.93. The molecule has 0 unspecified atom stereocenters. The number of ether oxygens (including phenoxy) is 2. The van der Waals surface area contributed by atoms with Crippen molar-refractivity contribution in [2.45, 2.75) is 31.8 Å². The third-order valence-electron chi connectivity index (χ3n) is 5.12. The van der Waals surface area contributed by atoms with E-state index in [1.807, 2.05) is 12.1 Å². The Hall–Kier alpha value is -1.64.